The van der Waals surface area contributed by atoms with Crippen molar-refractivity contribution in [2.75, 3.05) is 0 Å². The van der Waals surface area contributed by atoms with E-state index in [1.54, 1.807) is 12.4 Å². The molecule has 126 valence electrons. The second-order valence-electron chi connectivity index (χ2n) is 6.87. The number of rotatable bonds is 2. The van der Waals surface area contributed by atoms with Crippen molar-refractivity contribution in [1.82, 2.24) is 14.8 Å². The van der Waals surface area contributed by atoms with E-state index in [-0.39, 0.29) is 5.56 Å². The number of aryl methyl sites for hydroxylation is 2. The number of benzene rings is 1. The highest BCUT2D eigenvalue weighted by Gasteiger charge is 2.24. The summed E-state index contributed by atoms with van der Waals surface area (Å²) in [7, 11) is 0. The largest absolute Gasteiger partial charge is 0.274 e. The van der Waals surface area contributed by atoms with E-state index in [4.69, 9.17) is 0 Å². The van der Waals surface area contributed by atoms with Crippen molar-refractivity contribution >= 4 is 0 Å². The molecule has 0 N–H and O–H groups in total. The highest BCUT2D eigenvalue weighted by Crippen LogP contribution is 2.33. The van der Waals surface area contributed by atoms with Crippen LogP contribution in [0.15, 0.2) is 53.7 Å². The van der Waals surface area contributed by atoms with Crippen LogP contribution in [-0.4, -0.2) is 14.8 Å². The summed E-state index contributed by atoms with van der Waals surface area (Å²) in [6.45, 7) is 4.30. The Morgan fingerprint density at radius 2 is 1.92 bits per heavy atom. The first kappa shape index (κ1) is 15.8. The molecular weight excluding hydrogens is 310 g/mol. The lowest BCUT2D eigenvalue weighted by atomic mass is 9.79. The van der Waals surface area contributed by atoms with Gasteiger partial charge in [-0.2, -0.15) is 9.78 Å². The maximum atomic E-state index is 12.8. The minimum atomic E-state index is 0.00257. The van der Waals surface area contributed by atoms with Gasteiger partial charge in [-0.3, -0.25) is 9.78 Å². The van der Waals surface area contributed by atoms with Gasteiger partial charge in [-0.1, -0.05) is 23.8 Å². The molecule has 3 aromatic rings. The van der Waals surface area contributed by atoms with E-state index in [1.807, 2.05) is 18.3 Å². The third-order valence-electron chi connectivity index (χ3n) is 5.15. The topological polar surface area (TPSA) is 47.8 Å². The quantitative estimate of drug-likeness (QED) is 0.722. The SMILES string of the molecule is Cc1ccc(C2CCc3c(cnn(-c4ccncc4)c3=O)C2)c(C)c1. The fourth-order valence-corrected chi connectivity index (χ4v) is 3.87. The zero-order chi connectivity index (χ0) is 17.4. The summed E-state index contributed by atoms with van der Waals surface area (Å²) in [6, 6.07) is 10.3. The highest BCUT2D eigenvalue weighted by atomic mass is 16.1. The van der Waals surface area contributed by atoms with Gasteiger partial charge in [0.15, 0.2) is 0 Å². The Morgan fingerprint density at radius 1 is 1.12 bits per heavy atom. The molecule has 2 aromatic heterocycles. The van der Waals surface area contributed by atoms with E-state index < -0.39 is 0 Å². The van der Waals surface area contributed by atoms with E-state index in [2.05, 4.69) is 42.1 Å². The lowest BCUT2D eigenvalue weighted by Gasteiger charge is -2.26. The number of pyridine rings is 1. The van der Waals surface area contributed by atoms with Crippen molar-refractivity contribution in [3.05, 3.63) is 87.1 Å². The molecular formula is C21H21N3O. The molecule has 0 saturated carbocycles. The fourth-order valence-electron chi connectivity index (χ4n) is 3.87. The van der Waals surface area contributed by atoms with Gasteiger partial charge in [0.1, 0.15) is 0 Å². The number of fused-ring (bicyclic) bond motifs is 1. The van der Waals surface area contributed by atoms with E-state index in [0.29, 0.717) is 5.92 Å². The van der Waals surface area contributed by atoms with Crippen LogP contribution in [0.25, 0.3) is 5.69 Å². The van der Waals surface area contributed by atoms with Gasteiger partial charge in [0.25, 0.3) is 5.56 Å². The van der Waals surface area contributed by atoms with Crippen LogP contribution in [0.5, 0.6) is 0 Å². The summed E-state index contributed by atoms with van der Waals surface area (Å²) in [6.07, 6.45) is 7.93. The Labute approximate surface area is 147 Å². The van der Waals surface area contributed by atoms with Crippen molar-refractivity contribution in [3.8, 4) is 5.69 Å². The van der Waals surface area contributed by atoms with Gasteiger partial charge in [-0.05, 0) is 67.9 Å². The molecule has 2 heterocycles. The van der Waals surface area contributed by atoms with Crippen LogP contribution in [0.4, 0.5) is 0 Å². The predicted octanol–water partition coefficient (Wildman–Crippen LogP) is 3.52. The minimum Gasteiger partial charge on any atom is -0.267 e. The third kappa shape index (κ3) is 2.88. The van der Waals surface area contributed by atoms with E-state index in [9.17, 15) is 4.79 Å². The highest BCUT2D eigenvalue weighted by molar-refractivity contribution is 5.38. The van der Waals surface area contributed by atoms with Gasteiger partial charge in [-0.15, -0.1) is 0 Å². The Morgan fingerprint density at radius 3 is 2.68 bits per heavy atom. The molecule has 0 aliphatic heterocycles. The summed E-state index contributed by atoms with van der Waals surface area (Å²) in [5, 5.41) is 4.40. The van der Waals surface area contributed by atoms with Crippen LogP contribution < -0.4 is 5.56 Å². The van der Waals surface area contributed by atoms with Crippen molar-refractivity contribution in [2.45, 2.75) is 39.0 Å². The molecule has 0 amide bonds. The average molecular weight is 331 g/mol. The molecule has 4 nitrogen and oxygen atoms in total. The van der Waals surface area contributed by atoms with Crippen LogP contribution in [0.2, 0.25) is 0 Å². The van der Waals surface area contributed by atoms with Crippen LogP contribution in [0.3, 0.4) is 0 Å². The van der Waals surface area contributed by atoms with Crippen LogP contribution in [0.1, 0.15) is 40.2 Å². The second kappa shape index (κ2) is 6.28. The molecule has 1 unspecified atom stereocenters. The summed E-state index contributed by atoms with van der Waals surface area (Å²) in [5.41, 5.74) is 6.79. The average Bonchev–Trinajstić information content (AvgIpc) is 2.62. The number of aromatic nitrogens is 3. The summed E-state index contributed by atoms with van der Waals surface area (Å²) in [5.74, 6) is 0.464. The molecule has 0 bridgehead atoms. The predicted molar refractivity (Wildman–Crippen MR) is 98.3 cm³/mol. The van der Waals surface area contributed by atoms with E-state index in [0.717, 1.165) is 36.1 Å². The lowest BCUT2D eigenvalue weighted by molar-refractivity contribution is 0.566. The molecule has 4 heteroatoms. The fraction of sp³-hybridized carbons (Fsp3) is 0.286. The molecule has 1 aliphatic rings. The molecule has 25 heavy (non-hydrogen) atoms. The maximum absolute atomic E-state index is 12.8. The second-order valence-corrected chi connectivity index (χ2v) is 6.87. The first-order chi connectivity index (χ1) is 12.1. The maximum Gasteiger partial charge on any atom is 0.274 e. The van der Waals surface area contributed by atoms with Crippen LogP contribution in [0, 0.1) is 13.8 Å². The number of nitrogens with zero attached hydrogens (tertiary/aromatic N) is 3. The van der Waals surface area contributed by atoms with Crippen molar-refractivity contribution in [2.24, 2.45) is 0 Å². The van der Waals surface area contributed by atoms with Crippen LogP contribution >= 0.6 is 0 Å². The molecule has 4 rings (SSSR count). The van der Waals surface area contributed by atoms with Crippen LogP contribution in [-0.2, 0) is 12.8 Å². The number of hydrogen-bond acceptors (Lipinski definition) is 3. The van der Waals surface area contributed by atoms with Crippen molar-refractivity contribution < 1.29 is 0 Å². The Bertz CT molecular complexity index is 976. The third-order valence-corrected chi connectivity index (χ3v) is 5.15. The first-order valence-corrected chi connectivity index (χ1v) is 8.71. The summed E-state index contributed by atoms with van der Waals surface area (Å²) >= 11 is 0. The molecule has 1 aromatic carbocycles. The zero-order valence-electron chi connectivity index (χ0n) is 14.6. The van der Waals surface area contributed by atoms with Gasteiger partial charge in [0.05, 0.1) is 11.9 Å². The van der Waals surface area contributed by atoms with Gasteiger partial charge in [0.2, 0.25) is 0 Å². The Kier molecular flexibility index (Phi) is 3.96. The smallest absolute Gasteiger partial charge is 0.267 e. The van der Waals surface area contributed by atoms with Crippen molar-refractivity contribution in [3.63, 3.8) is 0 Å². The molecule has 0 radical (unpaired) electrons. The molecule has 0 fully saturated rings. The van der Waals surface area contributed by atoms with E-state index >= 15 is 0 Å². The molecule has 1 aliphatic carbocycles. The summed E-state index contributed by atoms with van der Waals surface area (Å²) in [4.78, 5) is 16.9. The molecule has 0 saturated heterocycles. The normalized spacial score (nSPS) is 16.5. The first-order valence-electron chi connectivity index (χ1n) is 8.71. The lowest BCUT2D eigenvalue weighted by Crippen LogP contribution is -2.29. The van der Waals surface area contributed by atoms with Gasteiger partial charge >= 0.3 is 0 Å². The standard InChI is InChI=1S/C21H21N3O/c1-14-3-5-19(15(2)11-14)16-4-6-20-17(12-16)13-23-24(21(20)25)18-7-9-22-10-8-18/h3,5,7-11,13,16H,4,6,12H2,1-2H3. The number of hydrogen-bond donors (Lipinski definition) is 0. The van der Waals surface area contributed by atoms with Gasteiger partial charge in [-0.25, -0.2) is 0 Å². The zero-order valence-corrected chi connectivity index (χ0v) is 14.6. The monoisotopic (exact) mass is 331 g/mol. The minimum absolute atomic E-state index is 0.00257. The van der Waals surface area contributed by atoms with E-state index in [1.165, 1.54) is 21.4 Å². The molecule has 1 atom stereocenters. The van der Waals surface area contributed by atoms with Gasteiger partial charge in [0, 0.05) is 18.0 Å². The molecule has 0 spiro atoms. The Balaban J connectivity index is 1.69. The van der Waals surface area contributed by atoms with Gasteiger partial charge < -0.3 is 0 Å². The summed E-state index contributed by atoms with van der Waals surface area (Å²) < 4.78 is 1.48. The van der Waals surface area contributed by atoms with Crippen molar-refractivity contribution in [1.29, 1.82) is 0 Å². The Hall–Kier alpha value is -2.75.